The lowest BCUT2D eigenvalue weighted by atomic mass is 10.1. The molecular weight excluding hydrogens is 460 g/mol. The molecule has 10 heteroatoms. The average Bonchev–Trinajstić information content (AvgIpc) is 3.44. The Labute approximate surface area is 191 Å². The largest absolute Gasteiger partial charge is 0.486 e. The monoisotopic (exact) mass is 475 g/mol. The molecule has 0 aliphatic rings. The molecule has 0 unspecified atom stereocenters. The van der Waals surface area contributed by atoms with Gasteiger partial charge in [0.2, 0.25) is 0 Å². The van der Waals surface area contributed by atoms with E-state index in [0.717, 1.165) is 23.9 Å². The van der Waals surface area contributed by atoms with Crippen LogP contribution in [0.5, 0.6) is 5.75 Å². The highest BCUT2D eigenvalue weighted by atomic mass is 35.5. The molecule has 2 aromatic heterocycles. The van der Waals surface area contributed by atoms with Crippen molar-refractivity contribution in [2.24, 2.45) is 0 Å². The van der Waals surface area contributed by atoms with Gasteiger partial charge in [0.15, 0.2) is 28.4 Å². The topological polar surface area (TPSA) is 70.2 Å². The van der Waals surface area contributed by atoms with Gasteiger partial charge in [-0.15, -0.1) is 10.2 Å². The molecule has 0 N–H and O–H groups in total. The van der Waals surface area contributed by atoms with E-state index in [4.69, 9.17) is 20.8 Å². The van der Waals surface area contributed by atoms with Crippen LogP contribution in [0.1, 0.15) is 21.9 Å². The molecule has 0 saturated heterocycles. The number of benzene rings is 2. The van der Waals surface area contributed by atoms with Gasteiger partial charge < -0.3 is 9.15 Å². The van der Waals surface area contributed by atoms with Gasteiger partial charge in [-0.3, -0.25) is 9.36 Å². The van der Waals surface area contributed by atoms with E-state index in [1.54, 1.807) is 41.2 Å². The fourth-order valence-corrected chi connectivity index (χ4v) is 3.79. The van der Waals surface area contributed by atoms with Gasteiger partial charge in [-0.1, -0.05) is 23.4 Å². The summed E-state index contributed by atoms with van der Waals surface area (Å²) in [5.74, 6) is -0.643. The molecule has 4 rings (SSSR count). The molecule has 0 atom stereocenters. The Morgan fingerprint density at radius 3 is 2.62 bits per heavy atom. The van der Waals surface area contributed by atoms with Crippen LogP contribution in [-0.4, -0.2) is 26.3 Å². The fraction of sp³-hybridized carbons (Fsp3) is 0.136. The number of Topliss-reactive ketones (excluding diaryl/α,β-unsaturated/α-hetero) is 1. The highest BCUT2D eigenvalue weighted by Gasteiger charge is 2.17. The molecule has 0 saturated carbocycles. The lowest BCUT2D eigenvalue weighted by molar-refractivity contribution is 0.102. The van der Waals surface area contributed by atoms with Gasteiger partial charge in [-0.25, -0.2) is 8.78 Å². The third kappa shape index (κ3) is 5.35. The summed E-state index contributed by atoms with van der Waals surface area (Å²) in [5.41, 5.74) is 0.0831. The second-order valence-corrected chi connectivity index (χ2v) is 8.03. The van der Waals surface area contributed by atoms with Crippen LogP contribution >= 0.6 is 23.4 Å². The van der Waals surface area contributed by atoms with E-state index in [0.29, 0.717) is 34.1 Å². The Morgan fingerprint density at radius 1 is 1.09 bits per heavy atom. The minimum absolute atomic E-state index is 0.0284. The summed E-state index contributed by atoms with van der Waals surface area (Å²) in [6, 6.07) is 13.6. The number of carbonyl (C=O) groups is 1. The Hall–Kier alpha value is -3.17. The number of rotatable bonds is 9. The van der Waals surface area contributed by atoms with Crippen molar-refractivity contribution in [3.05, 3.63) is 94.7 Å². The van der Waals surface area contributed by atoms with Crippen LogP contribution in [0.15, 0.2) is 70.4 Å². The number of thioether (sulfide) groups is 1. The van der Waals surface area contributed by atoms with Crippen molar-refractivity contribution in [1.82, 2.24) is 14.8 Å². The molecule has 0 fully saturated rings. The summed E-state index contributed by atoms with van der Waals surface area (Å²) < 4.78 is 39.5. The highest BCUT2D eigenvalue weighted by molar-refractivity contribution is 7.99. The fourth-order valence-electron chi connectivity index (χ4n) is 2.81. The van der Waals surface area contributed by atoms with Crippen molar-refractivity contribution in [2.75, 3.05) is 5.75 Å². The molecule has 164 valence electrons. The van der Waals surface area contributed by atoms with Crippen LogP contribution in [0.3, 0.4) is 0 Å². The SMILES string of the molecule is O=C(CSc1nnc(COc2ccc(Cl)cc2)n1Cc1ccco1)c1ccc(F)c(F)c1. The Morgan fingerprint density at radius 2 is 1.91 bits per heavy atom. The van der Waals surface area contributed by atoms with Crippen LogP contribution < -0.4 is 4.74 Å². The molecule has 0 bridgehead atoms. The zero-order valence-electron chi connectivity index (χ0n) is 16.5. The number of hydrogen-bond donors (Lipinski definition) is 0. The van der Waals surface area contributed by atoms with E-state index in [1.807, 2.05) is 6.07 Å². The normalized spacial score (nSPS) is 11.0. The molecule has 0 spiro atoms. The van der Waals surface area contributed by atoms with Crippen molar-refractivity contribution >= 4 is 29.1 Å². The van der Waals surface area contributed by atoms with Crippen LogP contribution in [0.2, 0.25) is 5.02 Å². The molecular formula is C22H16ClF2N3O3S. The molecule has 4 aromatic rings. The van der Waals surface area contributed by atoms with E-state index in [9.17, 15) is 13.6 Å². The maximum atomic E-state index is 13.4. The van der Waals surface area contributed by atoms with Gasteiger partial charge >= 0.3 is 0 Å². The minimum Gasteiger partial charge on any atom is -0.486 e. The summed E-state index contributed by atoms with van der Waals surface area (Å²) in [6.45, 7) is 0.466. The quantitative estimate of drug-likeness (QED) is 0.238. The van der Waals surface area contributed by atoms with Gasteiger partial charge in [0.25, 0.3) is 0 Å². The lowest BCUT2D eigenvalue weighted by Crippen LogP contribution is -2.10. The van der Waals surface area contributed by atoms with Gasteiger partial charge in [-0.2, -0.15) is 0 Å². The summed E-state index contributed by atoms with van der Waals surface area (Å²) in [6.07, 6.45) is 1.56. The van der Waals surface area contributed by atoms with Crippen molar-refractivity contribution in [3.8, 4) is 5.75 Å². The molecule has 2 heterocycles. The number of ketones is 1. The summed E-state index contributed by atoms with van der Waals surface area (Å²) >= 11 is 7.03. The molecule has 0 amide bonds. The Bertz CT molecular complexity index is 1210. The van der Waals surface area contributed by atoms with Crippen molar-refractivity contribution < 1.29 is 22.7 Å². The highest BCUT2D eigenvalue weighted by Crippen LogP contribution is 2.22. The van der Waals surface area contributed by atoms with Crippen molar-refractivity contribution in [2.45, 2.75) is 18.3 Å². The van der Waals surface area contributed by atoms with Crippen molar-refractivity contribution in [3.63, 3.8) is 0 Å². The molecule has 0 radical (unpaired) electrons. The number of ether oxygens (including phenoxy) is 1. The van der Waals surface area contributed by atoms with E-state index >= 15 is 0 Å². The minimum atomic E-state index is -1.07. The summed E-state index contributed by atoms with van der Waals surface area (Å²) in [5, 5.41) is 9.42. The van der Waals surface area contributed by atoms with Crippen molar-refractivity contribution in [1.29, 1.82) is 0 Å². The van der Waals surface area contributed by atoms with Crippen LogP contribution in [-0.2, 0) is 13.2 Å². The summed E-state index contributed by atoms with van der Waals surface area (Å²) in [4.78, 5) is 12.4. The molecule has 6 nitrogen and oxygen atoms in total. The zero-order chi connectivity index (χ0) is 22.5. The smallest absolute Gasteiger partial charge is 0.192 e. The van der Waals surface area contributed by atoms with Crippen LogP contribution in [0.25, 0.3) is 0 Å². The first kappa shape index (κ1) is 22.0. The number of carbonyl (C=O) groups excluding carboxylic acids is 1. The number of aromatic nitrogens is 3. The van der Waals surface area contributed by atoms with Gasteiger partial charge in [0, 0.05) is 10.6 Å². The first-order chi connectivity index (χ1) is 15.5. The van der Waals surface area contributed by atoms with Crippen LogP contribution in [0.4, 0.5) is 8.78 Å². The zero-order valence-corrected chi connectivity index (χ0v) is 18.1. The van der Waals surface area contributed by atoms with Gasteiger partial charge in [-0.05, 0) is 54.6 Å². The third-order valence-corrected chi connectivity index (χ3v) is 5.66. The number of hydrogen-bond acceptors (Lipinski definition) is 6. The van der Waals surface area contributed by atoms with E-state index in [-0.39, 0.29) is 23.7 Å². The second-order valence-electron chi connectivity index (χ2n) is 6.65. The maximum Gasteiger partial charge on any atom is 0.192 e. The predicted molar refractivity (Wildman–Crippen MR) is 115 cm³/mol. The average molecular weight is 476 g/mol. The maximum absolute atomic E-state index is 13.4. The van der Waals surface area contributed by atoms with E-state index in [1.165, 1.54) is 6.07 Å². The second kappa shape index (κ2) is 9.97. The molecule has 0 aliphatic heterocycles. The first-order valence-corrected chi connectivity index (χ1v) is 10.8. The van der Waals surface area contributed by atoms with Crippen LogP contribution in [0, 0.1) is 11.6 Å². The number of furan rings is 1. The number of nitrogens with zero attached hydrogens (tertiary/aromatic N) is 3. The predicted octanol–water partition coefficient (Wildman–Crippen LogP) is 5.41. The Balaban J connectivity index is 1.49. The first-order valence-electron chi connectivity index (χ1n) is 9.43. The molecule has 32 heavy (non-hydrogen) atoms. The Kier molecular flexibility index (Phi) is 6.87. The van der Waals surface area contributed by atoms with Gasteiger partial charge in [0.1, 0.15) is 18.1 Å². The standard InChI is InChI=1S/C22H16ClF2N3O3S/c23-15-4-6-16(7-5-15)31-12-21-26-27-22(28(21)11-17-2-1-9-30-17)32-13-20(29)14-3-8-18(24)19(25)10-14/h1-10H,11-13H2. The summed E-state index contributed by atoms with van der Waals surface area (Å²) in [7, 11) is 0. The van der Waals surface area contributed by atoms with E-state index < -0.39 is 11.6 Å². The molecule has 0 aliphatic carbocycles. The van der Waals surface area contributed by atoms with E-state index in [2.05, 4.69) is 10.2 Å². The molecule has 2 aromatic carbocycles. The number of halogens is 3. The van der Waals surface area contributed by atoms with Gasteiger partial charge in [0.05, 0.1) is 18.6 Å². The third-order valence-electron chi connectivity index (χ3n) is 4.44. The lowest BCUT2D eigenvalue weighted by Gasteiger charge is -2.10.